The summed E-state index contributed by atoms with van der Waals surface area (Å²) in [4.78, 5) is 12.1. The molecule has 1 aromatic carbocycles. The normalized spacial score (nSPS) is 17.5. The molecule has 2 heterocycles. The number of phenolic OH excluding ortho intramolecular Hbond substituents is 1. The molecular weight excluding hydrogens is 304 g/mol. The molecule has 6 nitrogen and oxygen atoms in total. The number of anilines is 1. The second-order valence-electron chi connectivity index (χ2n) is 5.18. The number of halogens is 1. The third-order valence-corrected chi connectivity index (χ3v) is 3.61. The van der Waals surface area contributed by atoms with Crippen molar-refractivity contribution in [3.8, 4) is 5.75 Å². The van der Waals surface area contributed by atoms with Gasteiger partial charge in [-0.25, -0.2) is 0 Å². The molecule has 0 radical (unpaired) electrons. The fourth-order valence-corrected chi connectivity index (χ4v) is 2.46. The summed E-state index contributed by atoms with van der Waals surface area (Å²) in [5, 5.41) is 19.7. The van der Waals surface area contributed by atoms with Crippen molar-refractivity contribution in [3.63, 3.8) is 0 Å². The predicted octanol–water partition coefficient (Wildman–Crippen LogP) is 2.19. The number of benzene rings is 1. The third kappa shape index (κ3) is 3.78. The Labute approximate surface area is 134 Å². The monoisotopic (exact) mass is 322 g/mol. The van der Waals surface area contributed by atoms with Crippen molar-refractivity contribution >= 4 is 24.0 Å². The topological polar surface area (TPSA) is 79.2 Å². The maximum Gasteiger partial charge on any atom is 0.276 e. The minimum absolute atomic E-state index is 0. The molecular formula is C15H19ClN4O2. The molecule has 118 valence electrons. The molecule has 3 N–H and O–H groups in total. The van der Waals surface area contributed by atoms with E-state index in [4.69, 9.17) is 0 Å². The van der Waals surface area contributed by atoms with Gasteiger partial charge in [-0.3, -0.25) is 9.48 Å². The van der Waals surface area contributed by atoms with E-state index >= 15 is 0 Å². The van der Waals surface area contributed by atoms with E-state index in [0.717, 1.165) is 25.9 Å². The standard InChI is InChI=1S/C15H18N4O2.ClH/c20-13-5-3-11(4-6-13)17-15(21)14-7-9-19(18-14)12-2-1-8-16-10-12;/h3-7,9,12,16,20H,1-2,8,10H2,(H,17,21);1H. The largest absolute Gasteiger partial charge is 0.508 e. The molecule has 7 heteroatoms. The number of hydrogen-bond acceptors (Lipinski definition) is 4. The lowest BCUT2D eigenvalue weighted by atomic mass is 10.1. The van der Waals surface area contributed by atoms with E-state index in [-0.39, 0.29) is 24.1 Å². The van der Waals surface area contributed by atoms with Crippen molar-refractivity contribution in [2.24, 2.45) is 0 Å². The second kappa shape index (κ2) is 7.29. The highest BCUT2D eigenvalue weighted by atomic mass is 35.5. The van der Waals surface area contributed by atoms with Crippen LogP contribution in [0.2, 0.25) is 0 Å². The second-order valence-corrected chi connectivity index (χ2v) is 5.18. The van der Waals surface area contributed by atoms with E-state index in [9.17, 15) is 9.90 Å². The number of nitrogens with one attached hydrogen (secondary N) is 2. The van der Waals surface area contributed by atoms with Gasteiger partial charge < -0.3 is 15.7 Å². The van der Waals surface area contributed by atoms with Crippen LogP contribution in [0, 0.1) is 0 Å². The van der Waals surface area contributed by atoms with Crippen LogP contribution >= 0.6 is 12.4 Å². The number of hydrogen-bond donors (Lipinski definition) is 3. The molecule has 0 aliphatic carbocycles. The number of aromatic nitrogens is 2. The molecule has 0 spiro atoms. The van der Waals surface area contributed by atoms with Gasteiger partial charge in [0.05, 0.1) is 6.04 Å². The Morgan fingerprint density at radius 2 is 2.09 bits per heavy atom. The van der Waals surface area contributed by atoms with Gasteiger partial charge in [0.1, 0.15) is 5.75 Å². The zero-order valence-electron chi connectivity index (χ0n) is 12.0. The first kappa shape index (κ1) is 16.3. The first-order chi connectivity index (χ1) is 10.2. The first-order valence-corrected chi connectivity index (χ1v) is 7.08. The summed E-state index contributed by atoms with van der Waals surface area (Å²) in [7, 11) is 0. The first-order valence-electron chi connectivity index (χ1n) is 7.08. The Bertz CT molecular complexity index is 621. The van der Waals surface area contributed by atoms with Gasteiger partial charge in [-0.15, -0.1) is 12.4 Å². The summed E-state index contributed by atoms with van der Waals surface area (Å²) < 4.78 is 1.86. The minimum Gasteiger partial charge on any atom is -0.508 e. The van der Waals surface area contributed by atoms with E-state index < -0.39 is 0 Å². The Morgan fingerprint density at radius 3 is 2.77 bits per heavy atom. The fourth-order valence-electron chi connectivity index (χ4n) is 2.46. The lowest BCUT2D eigenvalue weighted by molar-refractivity contribution is 0.102. The van der Waals surface area contributed by atoms with Crippen molar-refractivity contribution in [2.75, 3.05) is 18.4 Å². The van der Waals surface area contributed by atoms with Crippen LogP contribution in [0.4, 0.5) is 5.69 Å². The summed E-state index contributed by atoms with van der Waals surface area (Å²) in [6.45, 7) is 1.94. The van der Waals surface area contributed by atoms with Gasteiger partial charge in [0.2, 0.25) is 0 Å². The average Bonchev–Trinajstić information content (AvgIpc) is 3.00. The van der Waals surface area contributed by atoms with Gasteiger partial charge in [-0.2, -0.15) is 5.10 Å². The zero-order valence-corrected chi connectivity index (χ0v) is 12.8. The Morgan fingerprint density at radius 1 is 1.32 bits per heavy atom. The number of amides is 1. The van der Waals surface area contributed by atoms with E-state index in [1.807, 2.05) is 10.9 Å². The highest BCUT2D eigenvalue weighted by Gasteiger charge is 2.17. The molecule has 1 aromatic heterocycles. The summed E-state index contributed by atoms with van der Waals surface area (Å²) >= 11 is 0. The highest BCUT2D eigenvalue weighted by molar-refractivity contribution is 6.02. The molecule has 1 aliphatic heterocycles. The van der Waals surface area contributed by atoms with E-state index in [2.05, 4.69) is 15.7 Å². The van der Waals surface area contributed by atoms with Gasteiger partial charge in [-0.1, -0.05) is 0 Å². The predicted molar refractivity (Wildman–Crippen MR) is 86.7 cm³/mol. The fraction of sp³-hybridized carbons (Fsp3) is 0.333. The van der Waals surface area contributed by atoms with E-state index in [1.165, 1.54) is 12.1 Å². The molecule has 0 bridgehead atoms. The number of phenols is 1. The van der Waals surface area contributed by atoms with Crippen LogP contribution in [0.3, 0.4) is 0 Å². The maximum atomic E-state index is 12.1. The van der Waals surface area contributed by atoms with Crippen LogP contribution in [-0.4, -0.2) is 33.9 Å². The van der Waals surface area contributed by atoms with Crippen LogP contribution in [-0.2, 0) is 0 Å². The van der Waals surface area contributed by atoms with Crippen molar-refractivity contribution < 1.29 is 9.90 Å². The van der Waals surface area contributed by atoms with Crippen LogP contribution in [0.25, 0.3) is 0 Å². The summed E-state index contributed by atoms with van der Waals surface area (Å²) in [5.41, 5.74) is 1.03. The SMILES string of the molecule is Cl.O=C(Nc1ccc(O)cc1)c1ccn(C2CCCNC2)n1. The molecule has 1 aliphatic rings. The highest BCUT2D eigenvalue weighted by Crippen LogP contribution is 2.17. The smallest absolute Gasteiger partial charge is 0.276 e. The Hall–Kier alpha value is -2.05. The van der Waals surface area contributed by atoms with Gasteiger partial charge in [0, 0.05) is 18.4 Å². The number of piperidine rings is 1. The molecule has 1 saturated heterocycles. The van der Waals surface area contributed by atoms with Crippen molar-refractivity contribution in [2.45, 2.75) is 18.9 Å². The summed E-state index contributed by atoms with van der Waals surface area (Å²) in [6, 6.07) is 8.40. The molecule has 3 rings (SSSR count). The summed E-state index contributed by atoms with van der Waals surface area (Å²) in [5.74, 6) is -0.0784. The summed E-state index contributed by atoms with van der Waals surface area (Å²) in [6.07, 6.45) is 4.05. The van der Waals surface area contributed by atoms with E-state index in [1.54, 1.807) is 18.2 Å². The lowest BCUT2D eigenvalue weighted by Crippen LogP contribution is -2.32. The van der Waals surface area contributed by atoms with Crippen molar-refractivity contribution in [1.29, 1.82) is 0 Å². The van der Waals surface area contributed by atoms with Gasteiger partial charge in [0.15, 0.2) is 5.69 Å². The number of nitrogens with zero attached hydrogens (tertiary/aromatic N) is 2. The maximum absolute atomic E-state index is 12.1. The van der Waals surface area contributed by atoms with Gasteiger partial charge >= 0.3 is 0 Å². The van der Waals surface area contributed by atoms with Crippen molar-refractivity contribution in [3.05, 3.63) is 42.2 Å². The van der Waals surface area contributed by atoms with Crippen LogP contribution < -0.4 is 10.6 Å². The number of rotatable bonds is 3. The molecule has 0 saturated carbocycles. The molecule has 1 unspecified atom stereocenters. The quantitative estimate of drug-likeness (QED) is 0.757. The number of carbonyl (C=O) groups is 1. The van der Waals surface area contributed by atoms with Crippen LogP contribution in [0.15, 0.2) is 36.5 Å². The van der Waals surface area contributed by atoms with E-state index in [0.29, 0.717) is 17.4 Å². The lowest BCUT2D eigenvalue weighted by Gasteiger charge is -2.22. The minimum atomic E-state index is -0.247. The van der Waals surface area contributed by atoms with Crippen molar-refractivity contribution in [1.82, 2.24) is 15.1 Å². The third-order valence-electron chi connectivity index (χ3n) is 3.61. The molecule has 1 amide bonds. The number of aromatic hydroxyl groups is 1. The molecule has 1 atom stereocenters. The zero-order chi connectivity index (χ0) is 14.7. The molecule has 2 aromatic rings. The van der Waals surface area contributed by atoms with Gasteiger partial charge in [0.25, 0.3) is 5.91 Å². The Kier molecular flexibility index (Phi) is 5.41. The van der Waals surface area contributed by atoms with Crippen LogP contribution in [0.1, 0.15) is 29.4 Å². The number of carbonyl (C=O) groups excluding carboxylic acids is 1. The van der Waals surface area contributed by atoms with Crippen LogP contribution in [0.5, 0.6) is 5.75 Å². The van der Waals surface area contributed by atoms with Gasteiger partial charge in [-0.05, 0) is 49.7 Å². The molecule has 1 fully saturated rings. The Balaban J connectivity index is 0.00000176. The average molecular weight is 323 g/mol. The molecule has 22 heavy (non-hydrogen) atoms.